The Morgan fingerprint density at radius 3 is 2.67 bits per heavy atom. The lowest BCUT2D eigenvalue weighted by molar-refractivity contribution is 0.102. The van der Waals surface area contributed by atoms with Gasteiger partial charge < -0.3 is 14.6 Å². The van der Waals surface area contributed by atoms with Gasteiger partial charge in [0.1, 0.15) is 18.1 Å². The maximum Gasteiger partial charge on any atom is 0.287 e. The average molecular weight is 403 g/mol. The molecule has 4 aromatic rings. The molecule has 0 aliphatic rings. The molecule has 0 fully saturated rings. The van der Waals surface area contributed by atoms with Gasteiger partial charge >= 0.3 is 0 Å². The van der Waals surface area contributed by atoms with Gasteiger partial charge in [-0.2, -0.15) is 0 Å². The molecule has 0 aliphatic carbocycles. The Balaban J connectivity index is 1.56. The zero-order valence-corrected chi connectivity index (χ0v) is 16.9. The molecule has 0 saturated heterocycles. The topological polar surface area (TPSA) is 85.8 Å². The molecule has 2 heterocycles. The van der Waals surface area contributed by atoms with E-state index in [0.717, 1.165) is 15.7 Å². The van der Waals surface area contributed by atoms with Crippen LogP contribution in [0.5, 0.6) is 5.75 Å². The highest BCUT2D eigenvalue weighted by molar-refractivity contribution is 6.05. The van der Waals surface area contributed by atoms with Crippen LogP contribution in [0.4, 0.5) is 5.69 Å². The van der Waals surface area contributed by atoms with Crippen molar-refractivity contribution in [3.8, 4) is 5.75 Å². The summed E-state index contributed by atoms with van der Waals surface area (Å²) in [7, 11) is 0. The summed E-state index contributed by atoms with van der Waals surface area (Å²) in [6, 6.07) is 15.9. The molecule has 0 radical (unpaired) electrons. The van der Waals surface area contributed by atoms with Crippen LogP contribution in [0.3, 0.4) is 0 Å². The number of carbonyl (C=O) groups is 1. The molecule has 4 rings (SSSR count). The van der Waals surface area contributed by atoms with E-state index >= 15 is 0 Å². The monoisotopic (exact) mass is 403 g/mol. The van der Waals surface area contributed by atoms with Crippen molar-refractivity contribution in [3.63, 3.8) is 0 Å². The van der Waals surface area contributed by atoms with Crippen molar-refractivity contribution in [3.05, 3.63) is 93.1 Å². The third kappa shape index (κ3) is 4.10. The number of nitrogens with one attached hydrogen (secondary N) is 1. The first-order valence-corrected chi connectivity index (χ1v) is 9.50. The molecule has 152 valence electrons. The largest absolute Gasteiger partial charge is 0.485 e. The van der Waals surface area contributed by atoms with Gasteiger partial charge in [-0.05, 0) is 50.6 Å². The number of fused-ring (bicyclic) bond motifs is 1. The van der Waals surface area contributed by atoms with Crippen molar-refractivity contribution in [2.24, 2.45) is 0 Å². The van der Waals surface area contributed by atoms with Gasteiger partial charge in [0, 0.05) is 17.7 Å². The number of hydrogen-bond acceptors (Lipinski definition) is 5. The van der Waals surface area contributed by atoms with Crippen molar-refractivity contribution in [1.82, 2.24) is 9.56 Å². The van der Waals surface area contributed by atoms with Crippen LogP contribution in [0, 0.1) is 20.8 Å². The normalized spacial score (nSPS) is 10.9. The molecular weight excluding hydrogens is 382 g/mol. The first-order valence-electron chi connectivity index (χ1n) is 9.50. The molecule has 0 unspecified atom stereocenters. The highest BCUT2D eigenvalue weighted by Gasteiger charge is 2.12. The van der Waals surface area contributed by atoms with Gasteiger partial charge in [0.25, 0.3) is 11.5 Å². The van der Waals surface area contributed by atoms with E-state index in [-0.39, 0.29) is 18.1 Å². The highest BCUT2D eigenvalue weighted by Crippen LogP contribution is 2.27. The summed E-state index contributed by atoms with van der Waals surface area (Å²) in [4.78, 5) is 29.2. The SMILES string of the molecule is Cc1cccc(C(=O)Nc2cc(C)ccc2OCc2cc(=O)n3oc(C)cc3n2)c1. The van der Waals surface area contributed by atoms with Gasteiger partial charge in [0.15, 0.2) is 5.65 Å². The lowest BCUT2D eigenvalue weighted by Gasteiger charge is -2.13. The summed E-state index contributed by atoms with van der Waals surface area (Å²) in [5.41, 5.74) is 3.69. The molecule has 2 aromatic heterocycles. The van der Waals surface area contributed by atoms with E-state index in [1.54, 1.807) is 25.1 Å². The number of benzene rings is 2. The Morgan fingerprint density at radius 1 is 1.07 bits per heavy atom. The van der Waals surface area contributed by atoms with Crippen LogP contribution in [0.2, 0.25) is 0 Å². The zero-order chi connectivity index (χ0) is 21.3. The Hall–Kier alpha value is -3.87. The first-order chi connectivity index (χ1) is 14.4. The second-order valence-corrected chi connectivity index (χ2v) is 7.20. The third-order valence-corrected chi connectivity index (χ3v) is 4.56. The molecule has 30 heavy (non-hydrogen) atoms. The number of anilines is 1. The fourth-order valence-electron chi connectivity index (χ4n) is 3.15. The lowest BCUT2D eigenvalue weighted by atomic mass is 10.1. The van der Waals surface area contributed by atoms with E-state index in [4.69, 9.17) is 9.26 Å². The first kappa shape index (κ1) is 19.4. The number of hydrogen-bond donors (Lipinski definition) is 1. The molecule has 1 N–H and O–H groups in total. The van der Waals surface area contributed by atoms with Gasteiger partial charge in [0.05, 0.1) is 11.4 Å². The van der Waals surface area contributed by atoms with Gasteiger partial charge in [0.2, 0.25) is 0 Å². The average Bonchev–Trinajstić information content (AvgIpc) is 3.08. The minimum Gasteiger partial charge on any atom is -0.485 e. The van der Waals surface area contributed by atoms with Gasteiger partial charge in [-0.25, -0.2) is 4.98 Å². The number of ether oxygens (including phenoxy) is 1. The van der Waals surface area contributed by atoms with E-state index in [1.165, 1.54) is 6.07 Å². The molecule has 0 aliphatic heterocycles. The highest BCUT2D eigenvalue weighted by atomic mass is 16.5. The maximum atomic E-state index is 12.7. The minimum absolute atomic E-state index is 0.0757. The fraction of sp³-hybridized carbons (Fsp3) is 0.174. The summed E-state index contributed by atoms with van der Waals surface area (Å²) < 4.78 is 12.3. The van der Waals surface area contributed by atoms with Crippen LogP contribution < -0.4 is 15.6 Å². The molecule has 0 atom stereocenters. The van der Waals surface area contributed by atoms with Crippen LogP contribution in [0.1, 0.15) is 32.9 Å². The van der Waals surface area contributed by atoms with E-state index in [1.807, 2.05) is 44.2 Å². The Morgan fingerprint density at radius 2 is 1.87 bits per heavy atom. The predicted molar refractivity (Wildman–Crippen MR) is 113 cm³/mol. The summed E-state index contributed by atoms with van der Waals surface area (Å²) in [6.45, 7) is 5.70. The quantitative estimate of drug-likeness (QED) is 0.543. The molecule has 7 heteroatoms. The number of aromatic nitrogens is 2. The number of rotatable bonds is 5. The van der Waals surface area contributed by atoms with E-state index < -0.39 is 0 Å². The van der Waals surface area contributed by atoms with Gasteiger partial charge in [-0.1, -0.05) is 23.8 Å². The number of amides is 1. The summed E-state index contributed by atoms with van der Waals surface area (Å²) in [5.74, 6) is 0.866. The number of aryl methyl sites for hydroxylation is 3. The van der Waals surface area contributed by atoms with E-state index in [9.17, 15) is 9.59 Å². The van der Waals surface area contributed by atoms with Crippen LogP contribution >= 0.6 is 0 Å². The van der Waals surface area contributed by atoms with Crippen molar-refractivity contribution in [1.29, 1.82) is 0 Å². The molecule has 1 amide bonds. The Bertz CT molecular complexity index is 1300. The molecule has 2 aromatic carbocycles. The minimum atomic E-state index is -0.316. The standard InChI is InChI=1S/C23H21N3O4/c1-14-5-4-6-17(9-14)23(28)25-19-10-15(2)7-8-20(19)29-13-18-12-22(27)26-21(24-18)11-16(3)30-26/h4-12H,13H2,1-3H3,(H,25,28). The second kappa shape index (κ2) is 7.87. The van der Waals surface area contributed by atoms with Crippen LogP contribution in [0.15, 0.2) is 63.9 Å². The second-order valence-electron chi connectivity index (χ2n) is 7.20. The van der Waals surface area contributed by atoms with Crippen molar-refractivity contribution >= 4 is 17.2 Å². The lowest BCUT2D eigenvalue weighted by Crippen LogP contribution is -2.15. The van der Waals surface area contributed by atoms with E-state index in [2.05, 4.69) is 10.3 Å². The van der Waals surface area contributed by atoms with Crippen molar-refractivity contribution in [2.75, 3.05) is 5.32 Å². The number of nitrogens with zero attached hydrogens (tertiary/aromatic N) is 2. The molecule has 7 nitrogen and oxygen atoms in total. The zero-order valence-electron chi connectivity index (χ0n) is 16.9. The summed E-state index contributed by atoms with van der Waals surface area (Å²) in [6.07, 6.45) is 0. The van der Waals surface area contributed by atoms with Gasteiger partial charge in [-0.15, -0.1) is 4.57 Å². The molecule has 0 spiro atoms. The van der Waals surface area contributed by atoms with Crippen molar-refractivity contribution in [2.45, 2.75) is 27.4 Å². The van der Waals surface area contributed by atoms with Crippen molar-refractivity contribution < 1.29 is 14.1 Å². The Kier molecular flexibility index (Phi) is 5.10. The fourth-order valence-corrected chi connectivity index (χ4v) is 3.15. The summed E-state index contributed by atoms with van der Waals surface area (Å²) in [5, 5.41) is 2.91. The maximum absolute atomic E-state index is 12.7. The molecular formula is C23H21N3O4. The third-order valence-electron chi connectivity index (χ3n) is 4.56. The predicted octanol–water partition coefficient (Wildman–Crippen LogP) is 4.04. The van der Waals surface area contributed by atoms with E-state index in [0.29, 0.717) is 34.1 Å². The Labute approximate surface area is 172 Å². The smallest absolute Gasteiger partial charge is 0.287 e. The molecule has 0 saturated carbocycles. The van der Waals surface area contributed by atoms with Crippen LogP contribution in [0.25, 0.3) is 5.65 Å². The summed E-state index contributed by atoms with van der Waals surface area (Å²) >= 11 is 0. The molecule has 0 bridgehead atoms. The van der Waals surface area contributed by atoms with Gasteiger partial charge in [-0.3, -0.25) is 9.59 Å². The van der Waals surface area contributed by atoms with Crippen LogP contribution in [-0.4, -0.2) is 15.5 Å². The number of carbonyl (C=O) groups excluding carboxylic acids is 1. The van der Waals surface area contributed by atoms with Crippen LogP contribution in [-0.2, 0) is 6.61 Å².